The summed E-state index contributed by atoms with van der Waals surface area (Å²) in [5.41, 5.74) is 0.308. The van der Waals surface area contributed by atoms with Crippen LogP contribution in [0.5, 0.6) is 17.2 Å². The molecule has 0 amide bonds. The largest absolute Gasteiger partial charge is 0.508 e. The minimum absolute atomic E-state index is 0.102. The maximum absolute atomic E-state index is 9.09. The van der Waals surface area contributed by atoms with Crippen LogP contribution < -0.4 is 0 Å². The lowest BCUT2D eigenvalue weighted by Crippen LogP contribution is -1.75. The van der Waals surface area contributed by atoms with Crippen molar-refractivity contribution in [3.8, 4) is 17.2 Å². The van der Waals surface area contributed by atoms with Gasteiger partial charge >= 0.3 is 0 Å². The van der Waals surface area contributed by atoms with E-state index in [9.17, 15) is 0 Å². The highest BCUT2D eigenvalue weighted by Gasteiger charge is 2.04. The fraction of sp³-hybridized carbons (Fsp3) is 0. The van der Waals surface area contributed by atoms with Gasteiger partial charge in [0, 0.05) is 11.6 Å². The minimum atomic E-state index is -0.347. The molecule has 0 bridgehead atoms. The smallest absolute Gasteiger partial charge is 0.165 e. The van der Waals surface area contributed by atoms with Crippen molar-refractivity contribution in [2.24, 2.45) is 0 Å². The van der Waals surface area contributed by atoms with Crippen molar-refractivity contribution < 1.29 is 15.3 Å². The van der Waals surface area contributed by atoms with Crippen LogP contribution in [0.1, 0.15) is 5.56 Å². The van der Waals surface area contributed by atoms with E-state index in [2.05, 4.69) is 6.58 Å². The summed E-state index contributed by atoms with van der Waals surface area (Å²) in [6.45, 7) is 3.39. The minimum Gasteiger partial charge on any atom is -0.508 e. The van der Waals surface area contributed by atoms with Crippen LogP contribution in [0, 0.1) is 0 Å². The molecular weight excluding hydrogens is 144 g/mol. The summed E-state index contributed by atoms with van der Waals surface area (Å²) in [6.07, 6.45) is 1.34. The van der Waals surface area contributed by atoms with Crippen LogP contribution in [0.15, 0.2) is 18.7 Å². The van der Waals surface area contributed by atoms with E-state index in [4.69, 9.17) is 15.3 Å². The first kappa shape index (κ1) is 7.47. The van der Waals surface area contributed by atoms with Crippen molar-refractivity contribution in [3.05, 3.63) is 24.3 Å². The van der Waals surface area contributed by atoms with Gasteiger partial charge < -0.3 is 15.3 Å². The van der Waals surface area contributed by atoms with E-state index in [0.29, 0.717) is 5.56 Å². The molecule has 0 aromatic heterocycles. The Morgan fingerprint density at radius 1 is 1.18 bits per heavy atom. The third-order valence-corrected chi connectivity index (χ3v) is 1.32. The number of phenols is 3. The van der Waals surface area contributed by atoms with Crippen LogP contribution in [0.25, 0.3) is 6.08 Å². The Morgan fingerprint density at radius 3 is 2.36 bits per heavy atom. The topological polar surface area (TPSA) is 60.7 Å². The first-order valence-corrected chi connectivity index (χ1v) is 3.02. The molecular formula is C8H8O3. The molecule has 0 radical (unpaired) electrons. The van der Waals surface area contributed by atoms with E-state index < -0.39 is 0 Å². The van der Waals surface area contributed by atoms with Gasteiger partial charge in [0.15, 0.2) is 11.5 Å². The van der Waals surface area contributed by atoms with Crippen LogP contribution in [-0.2, 0) is 0 Å². The second kappa shape index (κ2) is 2.54. The van der Waals surface area contributed by atoms with E-state index in [1.54, 1.807) is 0 Å². The predicted octanol–water partition coefficient (Wildman–Crippen LogP) is 1.45. The molecule has 0 atom stereocenters. The molecule has 0 saturated carbocycles. The maximum atomic E-state index is 9.09. The van der Waals surface area contributed by atoms with Gasteiger partial charge in [-0.15, -0.1) is 0 Å². The molecule has 3 nitrogen and oxygen atoms in total. The number of hydrogen-bond donors (Lipinski definition) is 3. The molecule has 1 rings (SSSR count). The van der Waals surface area contributed by atoms with Gasteiger partial charge in [-0.2, -0.15) is 0 Å². The fourth-order valence-corrected chi connectivity index (χ4v) is 0.781. The van der Waals surface area contributed by atoms with E-state index in [-0.39, 0.29) is 17.2 Å². The monoisotopic (exact) mass is 152 g/mol. The van der Waals surface area contributed by atoms with Gasteiger partial charge in [0.05, 0.1) is 0 Å². The van der Waals surface area contributed by atoms with Crippen LogP contribution in [0.2, 0.25) is 0 Å². The van der Waals surface area contributed by atoms with Gasteiger partial charge in [-0.05, 0) is 6.07 Å². The SMILES string of the molecule is C=Cc1cc(O)cc(O)c1O. The van der Waals surface area contributed by atoms with Crippen molar-refractivity contribution in [2.45, 2.75) is 0 Å². The lowest BCUT2D eigenvalue weighted by Gasteiger charge is -2.01. The normalized spacial score (nSPS) is 9.45. The molecule has 0 unspecified atom stereocenters. The highest BCUT2D eigenvalue weighted by Crippen LogP contribution is 2.33. The zero-order valence-corrected chi connectivity index (χ0v) is 5.78. The van der Waals surface area contributed by atoms with Crippen LogP contribution in [0.3, 0.4) is 0 Å². The van der Waals surface area contributed by atoms with Gasteiger partial charge in [0.25, 0.3) is 0 Å². The molecule has 11 heavy (non-hydrogen) atoms. The summed E-state index contributed by atoms with van der Waals surface area (Å²) in [6, 6.07) is 2.37. The number of hydrogen-bond acceptors (Lipinski definition) is 3. The Balaban J connectivity index is 3.35. The summed E-state index contributed by atoms with van der Waals surface area (Å²) in [7, 11) is 0. The Kier molecular flexibility index (Phi) is 1.72. The Hall–Kier alpha value is -1.64. The van der Waals surface area contributed by atoms with Gasteiger partial charge in [0.2, 0.25) is 0 Å². The highest BCUT2D eigenvalue weighted by atomic mass is 16.3. The molecule has 1 aromatic rings. The molecule has 0 spiro atoms. The summed E-state index contributed by atoms with van der Waals surface area (Å²) in [5, 5.41) is 27.0. The first-order chi connectivity index (χ1) is 5.15. The van der Waals surface area contributed by atoms with E-state index in [1.807, 2.05) is 0 Å². The lowest BCUT2D eigenvalue weighted by molar-refractivity contribution is 0.395. The number of benzene rings is 1. The fourth-order valence-electron chi connectivity index (χ4n) is 0.781. The third kappa shape index (κ3) is 1.26. The third-order valence-electron chi connectivity index (χ3n) is 1.32. The highest BCUT2D eigenvalue weighted by molar-refractivity contribution is 5.62. The van der Waals surface area contributed by atoms with E-state index in [0.717, 1.165) is 6.07 Å². The average molecular weight is 152 g/mol. The molecule has 3 heteroatoms. The van der Waals surface area contributed by atoms with Gasteiger partial charge in [-0.25, -0.2) is 0 Å². The van der Waals surface area contributed by atoms with Crippen molar-refractivity contribution in [3.63, 3.8) is 0 Å². The van der Waals surface area contributed by atoms with E-state index in [1.165, 1.54) is 12.1 Å². The quantitative estimate of drug-likeness (QED) is 0.421. The van der Waals surface area contributed by atoms with Crippen LogP contribution >= 0.6 is 0 Å². The van der Waals surface area contributed by atoms with Gasteiger partial charge in [-0.1, -0.05) is 12.7 Å². The standard InChI is InChI=1S/C8H8O3/c1-2-5-3-6(9)4-7(10)8(5)11/h2-4,9-11H,1H2. The van der Waals surface area contributed by atoms with E-state index >= 15 is 0 Å². The molecule has 3 N–H and O–H groups in total. The molecule has 0 aliphatic rings. The summed E-state index contributed by atoms with van der Waals surface area (Å²) < 4.78 is 0. The number of phenolic OH excluding ortho intramolecular Hbond substituents is 3. The second-order valence-corrected chi connectivity index (χ2v) is 2.11. The molecule has 0 aliphatic carbocycles. The summed E-state index contributed by atoms with van der Waals surface area (Å²) in [4.78, 5) is 0. The zero-order chi connectivity index (χ0) is 8.43. The molecule has 0 fully saturated rings. The Bertz CT molecular complexity index is 292. The van der Waals surface area contributed by atoms with Crippen LogP contribution in [0.4, 0.5) is 0 Å². The average Bonchev–Trinajstić information content (AvgIpc) is 1.96. The lowest BCUT2D eigenvalue weighted by atomic mass is 10.2. The van der Waals surface area contributed by atoms with Gasteiger partial charge in [-0.3, -0.25) is 0 Å². The summed E-state index contributed by atoms with van der Waals surface area (Å²) in [5.74, 6) is -0.715. The molecule has 0 aliphatic heterocycles. The van der Waals surface area contributed by atoms with Crippen LogP contribution in [-0.4, -0.2) is 15.3 Å². The second-order valence-electron chi connectivity index (χ2n) is 2.11. The molecule has 1 aromatic carbocycles. The molecule has 58 valence electrons. The zero-order valence-electron chi connectivity index (χ0n) is 5.78. The number of rotatable bonds is 1. The Labute approximate surface area is 63.9 Å². The first-order valence-electron chi connectivity index (χ1n) is 3.02. The van der Waals surface area contributed by atoms with Crippen molar-refractivity contribution in [1.82, 2.24) is 0 Å². The van der Waals surface area contributed by atoms with Crippen molar-refractivity contribution in [2.75, 3.05) is 0 Å². The molecule has 0 saturated heterocycles. The van der Waals surface area contributed by atoms with Crippen molar-refractivity contribution >= 4 is 6.08 Å². The molecule has 0 heterocycles. The summed E-state index contributed by atoms with van der Waals surface area (Å²) >= 11 is 0. The predicted molar refractivity (Wildman–Crippen MR) is 41.5 cm³/mol. The Morgan fingerprint density at radius 2 is 1.82 bits per heavy atom. The van der Waals surface area contributed by atoms with Crippen molar-refractivity contribution in [1.29, 1.82) is 0 Å². The maximum Gasteiger partial charge on any atom is 0.165 e. The van der Waals surface area contributed by atoms with Gasteiger partial charge in [0.1, 0.15) is 5.75 Å². The number of aromatic hydroxyl groups is 3.